The number of rotatable bonds is 5. The second-order valence-corrected chi connectivity index (χ2v) is 2.82. The van der Waals surface area contributed by atoms with Gasteiger partial charge < -0.3 is 5.32 Å². The van der Waals surface area contributed by atoms with Crippen molar-refractivity contribution >= 4 is 0 Å². The molecule has 0 radical (unpaired) electrons. The van der Waals surface area contributed by atoms with Gasteiger partial charge in [-0.05, 0) is 13.0 Å². The van der Waals surface area contributed by atoms with E-state index in [0.717, 1.165) is 0 Å². The molecule has 0 saturated carbocycles. The van der Waals surface area contributed by atoms with Crippen molar-refractivity contribution < 1.29 is 13.2 Å². The molecule has 0 aromatic carbocycles. The van der Waals surface area contributed by atoms with Crippen LogP contribution in [0.5, 0.6) is 0 Å². The van der Waals surface area contributed by atoms with Gasteiger partial charge in [0.1, 0.15) is 0 Å². The molecule has 1 unspecified atom stereocenters. The van der Waals surface area contributed by atoms with Crippen molar-refractivity contribution in [3.8, 4) is 12.3 Å². The number of nitrogens with one attached hydrogen (secondary N) is 1. The Hall–Kier alpha value is -0.690. The smallest absolute Gasteiger partial charge is 0.314 e. The quantitative estimate of drug-likeness (QED) is 0.661. The van der Waals surface area contributed by atoms with E-state index in [0.29, 0.717) is 19.4 Å². The van der Waals surface area contributed by atoms with Gasteiger partial charge in [0.15, 0.2) is 0 Å². The highest BCUT2D eigenvalue weighted by Gasteiger charge is 2.30. The van der Waals surface area contributed by atoms with Crippen LogP contribution in [0, 0.1) is 12.3 Å². The Labute approximate surface area is 76.7 Å². The lowest BCUT2D eigenvalue weighted by atomic mass is 10.1. The SMILES string of the molecule is C#CCCC(CC(F)(F)F)NCC. The first-order chi connectivity index (χ1) is 5.99. The Morgan fingerprint density at radius 3 is 2.46 bits per heavy atom. The monoisotopic (exact) mass is 193 g/mol. The van der Waals surface area contributed by atoms with Gasteiger partial charge in [-0.3, -0.25) is 0 Å². The molecule has 0 saturated heterocycles. The van der Waals surface area contributed by atoms with E-state index < -0.39 is 18.6 Å². The molecule has 1 atom stereocenters. The van der Waals surface area contributed by atoms with E-state index in [-0.39, 0.29) is 0 Å². The third-order valence-electron chi connectivity index (χ3n) is 1.61. The molecule has 76 valence electrons. The molecule has 0 aliphatic rings. The van der Waals surface area contributed by atoms with Crippen LogP contribution in [0.4, 0.5) is 13.2 Å². The standard InChI is InChI=1S/C9H14F3N/c1-3-5-6-8(13-4-2)7-9(10,11)12/h1,8,13H,4-7H2,2H3. The minimum Gasteiger partial charge on any atom is -0.314 e. The van der Waals surface area contributed by atoms with Crippen LogP contribution in [0.2, 0.25) is 0 Å². The first-order valence-corrected chi connectivity index (χ1v) is 4.23. The fraction of sp³-hybridized carbons (Fsp3) is 0.778. The molecule has 1 N–H and O–H groups in total. The van der Waals surface area contributed by atoms with Crippen LogP contribution in [0.25, 0.3) is 0 Å². The highest BCUT2D eigenvalue weighted by Crippen LogP contribution is 2.23. The highest BCUT2D eigenvalue weighted by molar-refractivity contribution is 4.86. The molecule has 1 nitrogen and oxygen atoms in total. The van der Waals surface area contributed by atoms with Gasteiger partial charge in [-0.15, -0.1) is 12.3 Å². The first-order valence-electron chi connectivity index (χ1n) is 4.23. The Bertz CT molecular complexity index is 169. The third kappa shape index (κ3) is 7.66. The molecule has 0 heterocycles. The number of hydrogen-bond acceptors (Lipinski definition) is 1. The molecule has 0 amide bonds. The van der Waals surface area contributed by atoms with Gasteiger partial charge in [-0.1, -0.05) is 6.92 Å². The van der Waals surface area contributed by atoms with Gasteiger partial charge in [0, 0.05) is 12.5 Å². The van der Waals surface area contributed by atoms with Crippen molar-refractivity contribution in [2.24, 2.45) is 0 Å². The zero-order valence-electron chi connectivity index (χ0n) is 7.62. The normalized spacial score (nSPS) is 13.8. The van der Waals surface area contributed by atoms with Crippen LogP contribution >= 0.6 is 0 Å². The lowest BCUT2D eigenvalue weighted by Crippen LogP contribution is -2.33. The molecule has 0 aliphatic heterocycles. The summed E-state index contributed by atoms with van der Waals surface area (Å²) in [6.45, 7) is 2.31. The van der Waals surface area contributed by atoms with E-state index in [2.05, 4.69) is 11.2 Å². The molecule has 0 aromatic rings. The van der Waals surface area contributed by atoms with E-state index in [4.69, 9.17) is 6.42 Å². The maximum absolute atomic E-state index is 12.0. The second kappa shape index (κ2) is 5.87. The Morgan fingerprint density at radius 1 is 1.46 bits per heavy atom. The van der Waals surface area contributed by atoms with Gasteiger partial charge in [0.25, 0.3) is 0 Å². The average Bonchev–Trinajstić information content (AvgIpc) is 1.98. The van der Waals surface area contributed by atoms with Crippen LogP contribution in [-0.2, 0) is 0 Å². The lowest BCUT2D eigenvalue weighted by Gasteiger charge is -2.18. The van der Waals surface area contributed by atoms with Crippen LogP contribution in [0.15, 0.2) is 0 Å². The summed E-state index contributed by atoms with van der Waals surface area (Å²) in [5.74, 6) is 2.33. The summed E-state index contributed by atoms with van der Waals surface area (Å²) < 4.78 is 35.9. The minimum absolute atomic E-state index is 0.379. The fourth-order valence-corrected chi connectivity index (χ4v) is 1.10. The van der Waals surface area contributed by atoms with Gasteiger partial charge in [0.05, 0.1) is 6.42 Å². The zero-order valence-corrected chi connectivity index (χ0v) is 7.62. The molecule has 0 fully saturated rings. The van der Waals surface area contributed by atoms with Crippen LogP contribution < -0.4 is 5.32 Å². The molecule has 0 rings (SSSR count). The van der Waals surface area contributed by atoms with Gasteiger partial charge in [-0.2, -0.15) is 13.2 Å². The van der Waals surface area contributed by atoms with Crippen molar-refractivity contribution in [3.63, 3.8) is 0 Å². The number of terminal acetylenes is 1. The summed E-state index contributed by atoms with van der Waals surface area (Å²) in [6.07, 6.45) is 0.826. The summed E-state index contributed by atoms with van der Waals surface area (Å²) in [5.41, 5.74) is 0. The maximum Gasteiger partial charge on any atom is 0.390 e. The first kappa shape index (κ1) is 12.3. The number of alkyl halides is 3. The lowest BCUT2D eigenvalue weighted by molar-refractivity contribution is -0.140. The zero-order chi connectivity index (χ0) is 10.3. The molecule has 0 aliphatic carbocycles. The van der Waals surface area contributed by atoms with Crippen molar-refractivity contribution in [3.05, 3.63) is 0 Å². The van der Waals surface area contributed by atoms with E-state index >= 15 is 0 Å². The summed E-state index contributed by atoms with van der Waals surface area (Å²) in [7, 11) is 0. The predicted molar refractivity (Wildman–Crippen MR) is 46.2 cm³/mol. The summed E-state index contributed by atoms with van der Waals surface area (Å²) >= 11 is 0. The van der Waals surface area contributed by atoms with Gasteiger partial charge >= 0.3 is 6.18 Å². The fourth-order valence-electron chi connectivity index (χ4n) is 1.10. The van der Waals surface area contributed by atoms with Crippen molar-refractivity contribution in [1.29, 1.82) is 0 Å². The number of hydrogen-bond donors (Lipinski definition) is 1. The molecule has 0 aromatic heterocycles. The summed E-state index contributed by atoms with van der Waals surface area (Å²) in [6, 6.07) is -0.541. The van der Waals surface area contributed by atoms with Crippen molar-refractivity contribution in [2.75, 3.05) is 6.54 Å². The second-order valence-electron chi connectivity index (χ2n) is 2.82. The highest BCUT2D eigenvalue weighted by atomic mass is 19.4. The molecule has 4 heteroatoms. The van der Waals surface area contributed by atoms with E-state index in [1.807, 2.05) is 0 Å². The summed E-state index contributed by atoms with van der Waals surface area (Å²) in [4.78, 5) is 0. The topological polar surface area (TPSA) is 12.0 Å². The van der Waals surface area contributed by atoms with Crippen LogP contribution in [-0.4, -0.2) is 18.8 Å². The van der Waals surface area contributed by atoms with E-state index in [1.165, 1.54) is 0 Å². The van der Waals surface area contributed by atoms with E-state index in [1.54, 1.807) is 6.92 Å². The Morgan fingerprint density at radius 2 is 2.08 bits per heavy atom. The van der Waals surface area contributed by atoms with Gasteiger partial charge in [-0.25, -0.2) is 0 Å². The maximum atomic E-state index is 12.0. The van der Waals surface area contributed by atoms with Crippen molar-refractivity contribution in [1.82, 2.24) is 5.32 Å². The Kier molecular flexibility index (Phi) is 5.56. The average molecular weight is 193 g/mol. The minimum atomic E-state index is -4.11. The van der Waals surface area contributed by atoms with E-state index in [9.17, 15) is 13.2 Å². The molecular formula is C9H14F3N. The largest absolute Gasteiger partial charge is 0.390 e. The predicted octanol–water partition coefficient (Wildman–Crippen LogP) is 2.33. The van der Waals surface area contributed by atoms with Crippen LogP contribution in [0.3, 0.4) is 0 Å². The number of halogens is 3. The molecular weight excluding hydrogens is 179 g/mol. The van der Waals surface area contributed by atoms with Gasteiger partial charge in [0.2, 0.25) is 0 Å². The third-order valence-corrected chi connectivity index (χ3v) is 1.61. The van der Waals surface area contributed by atoms with Crippen LogP contribution in [0.1, 0.15) is 26.2 Å². The summed E-state index contributed by atoms with van der Waals surface area (Å²) in [5, 5.41) is 2.76. The Balaban J connectivity index is 3.88. The molecule has 13 heavy (non-hydrogen) atoms. The van der Waals surface area contributed by atoms with Crippen molar-refractivity contribution in [2.45, 2.75) is 38.4 Å². The molecule has 0 spiro atoms. The molecule has 0 bridgehead atoms.